The van der Waals surface area contributed by atoms with Gasteiger partial charge < -0.3 is 15.2 Å². The second-order valence-corrected chi connectivity index (χ2v) is 15.3. The van der Waals surface area contributed by atoms with E-state index in [0.717, 1.165) is 11.5 Å². The van der Waals surface area contributed by atoms with E-state index in [-0.39, 0.29) is 6.04 Å². The maximum atomic E-state index is 3.84. The Morgan fingerprint density at radius 1 is 0.643 bits per heavy atom. The Kier molecular flexibility index (Phi) is 9.16. The number of para-hydroxylation sites is 3. The summed E-state index contributed by atoms with van der Waals surface area (Å²) in [6.07, 6.45) is 14.2. The van der Waals surface area contributed by atoms with Crippen LogP contribution in [0.1, 0.15) is 27.7 Å². The summed E-state index contributed by atoms with van der Waals surface area (Å²) in [7, 11) is 0. The topological polar surface area (TPSA) is 33.4 Å². The Hall–Kier alpha value is -6.56. The molecule has 0 amide bonds. The molecule has 0 bridgehead atoms. The molecule has 4 nitrogen and oxygen atoms in total. The molecular formula is C51H44N4S. The van der Waals surface area contributed by atoms with Crippen LogP contribution in [0.25, 0.3) is 86.0 Å². The zero-order chi connectivity index (χ0) is 38.3. The molecule has 1 aliphatic rings. The number of hydrogen-bond donors (Lipinski definition) is 2. The minimum absolute atomic E-state index is 0.185. The lowest BCUT2D eigenvalue weighted by molar-refractivity contribution is 1.00. The van der Waals surface area contributed by atoms with Crippen LogP contribution in [0.5, 0.6) is 0 Å². The summed E-state index contributed by atoms with van der Waals surface area (Å²) in [5, 5.41) is 16.5. The van der Waals surface area contributed by atoms with Crippen LogP contribution in [0.3, 0.4) is 0 Å². The van der Waals surface area contributed by atoms with Crippen LogP contribution in [0.15, 0.2) is 171 Å². The van der Waals surface area contributed by atoms with Gasteiger partial charge in [-0.05, 0) is 99.5 Å². The van der Waals surface area contributed by atoms with Gasteiger partial charge in [0.05, 0.1) is 27.8 Å². The third-order valence-electron chi connectivity index (χ3n) is 10.7. The molecule has 0 saturated heterocycles. The molecule has 6 aromatic carbocycles. The van der Waals surface area contributed by atoms with Crippen LogP contribution in [0.4, 0.5) is 11.5 Å². The van der Waals surface area contributed by atoms with Gasteiger partial charge in [-0.15, -0.1) is 17.9 Å². The highest BCUT2D eigenvalue weighted by Gasteiger charge is 2.26. The van der Waals surface area contributed by atoms with Crippen molar-refractivity contribution < 1.29 is 0 Å². The monoisotopic (exact) mass is 744 g/mol. The van der Waals surface area contributed by atoms with Gasteiger partial charge in [0.25, 0.3) is 0 Å². The maximum Gasteiger partial charge on any atom is 0.139 e. The van der Waals surface area contributed by atoms with Crippen LogP contribution in [-0.2, 0) is 0 Å². The summed E-state index contributed by atoms with van der Waals surface area (Å²) in [6.45, 7) is 11.5. The first kappa shape index (κ1) is 35.2. The van der Waals surface area contributed by atoms with Gasteiger partial charge in [-0.2, -0.15) is 0 Å². The van der Waals surface area contributed by atoms with E-state index in [4.69, 9.17) is 0 Å². The quantitative estimate of drug-likeness (QED) is 0.173. The number of benzene rings is 6. The average Bonchev–Trinajstić information content (AvgIpc) is 3.97. The standard InChI is InChI=1S/C44H30N4S.C4H8.C3H6/c1-26-11-9-10-22-45-44-41(46-26)35-25-34-33-24-28(19-21-39(33)49-43(34)40-31-15-6-8-17-37(31)48(44)42(35)40)27-18-20-38-32(23-27)30-14-5-7-16-36(30)47(38)29-12-3-2-4-13-29;1-3-4-2;1-3-2/h2-26,45-46H,1H3;3-4H,1-2H3;3H,1H2,2H3/b11-9-,22-10-;4-3-;. The number of anilines is 2. The molecule has 0 aliphatic carbocycles. The van der Waals surface area contributed by atoms with Gasteiger partial charge in [-0.25, -0.2) is 0 Å². The first-order valence-electron chi connectivity index (χ1n) is 19.3. The molecule has 0 radical (unpaired) electrons. The van der Waals surface area contributed by atoms with E-state index in [2.05, 4.69) is 173 Å². The molecule has 0 spiro atoms. The molecule has 5 heteroatoms. The van der Waals surface area contributed by atoms with Crippen molar-refractivity contribution in [1.82, 2.24) is 8.97 Å². The normalized spacial score (nSPS) is 15.2. The van der Waals surface area contributed by atoms with Crippen LogP contribution < -0.4 is 10.6 Å². The molecule has 1 aliphatic heterocycles. The molecule has 10 aromatic rings. The summed E-state index contributed by atoms with van der Waals surface area (Å²) in [4.78, 5) is 0. The van der Waals surface area contributed by atoms with Crippen molar-refractivity contribution in [2.24, 2.45) is 0 Å². The number of nitrogens with one attached hydrogen (secondary N) is 2. The molecule has 11 rings (SSSR count). The number of hydrogen-bond acceptors (Lipinski definition) is 3. The van der Waals surface area contributed by atoms with Gasteiger partial charge in [-0.3, -0.25) is 4.40 Å². The van der Waals surface area contributed by atoms with Gasteiger partial charge in [-0.1, -0.05) is 97.1 Å². The van der Waals surface area contributed by atoms with E-state index in [1.54, 1.807) is 6.08 Å². The Balaban J connectivity index is 0.000000546. The zero-order valence-electron chi connectivity index (χ0n) is 32.2. The van der Waals surface area contributed by atoms with E-state index in [0.29, 0.717) is 0 Å². The van der Waals surface area contributed by atoms with E-state index < -0.39 is 0 Å². The van der Waals surface area contributed by atoms with Crippen molar-refractivity contribution in [1.29, 1.82) is 0 Å². The maximum absolute atomic E-state index is 3.84. The van der Waals surface area contributed by atoms with Crippen molar-refractivity contribution in [3.8, 4) is 16.8 Å². The summed E-state index contributed by atoms with van der Waals surface area (Å²) in [5.41, 5.74) is 9.73. The number of fused-ring (bicyclic) bond motifs is 13. The largest absolute Gasteiger partial charge is 0.376 e. The minimum atomic E-state index is 0.185. The average molecular weight is 745 g/mol. The Morgan fingerprint density at radius 3 is 2.07 bits per heavy atom. The lowest BCUT2D eigenvalue weighted by Crippen LogP contribution is -2.12. The molecule has 2 N–H and O–H groups in total. The SMILES string of the molecule is C/C=C\C.C=CC.CC1/C=C\C=C/Nc2c(c3cc4c5cc(-c6ccc7c(c6)c6ccccc6n7-c6ccccc6)ccc5sc4c4c5ccccc5n2c34)N1. The van der Waals surface area contributed by atoms with Crippen LogP contribution >= 0.6 is 11.3 Å². The molecule has 5 heterocycles. The molecule has 1 unspecified atom stereocenters. The molecular weight excluding hydrogens is 701 g/mol. The summed E-state index contributed by atoms with van der Waals surface area (Å²) in [5.74, 6) is 1.08. The number of rotatable bonds is 2. The van der Waals surface area contributed by atoms with Gasteiger partial charge in [0.15, 0.2) is 0 Å². The van der Waals surface area contributed by atoms with Gasteiger partial charge in [0.2, 0.25) is 0 Å². The van der Waals surface area contributed by atoms with Crippen LogP contribution in [-0.4, -0.2) is 15.0 Å². The van der Waals surface area contributed by atoms with Crippen molar-refractivity contribution >= 4 is 92.0 Å². The fourth-order valence-electron chi connectivity index (χ4n) is 8.20. The highest BCUT2D eigenvalue weighted by atomic mass is 32.1. The lowest BCUT2D eigenvalue weighted by Gasteiger charge is -2.13. The molecule has 274 valence electrons. The molecule has 0 fully saturated rings. The molecule has 4 aromatic heterocycles. The van der Waals surface area contributed by atoms with Crippen LogP contribution in [0.2, 0.25) is 0 Å². The van der Waals surface area contributed by atoms with Crippen molar-refractivity contribution in [2.75, 3.05) is 10.6 Å². The van der Waals surface area contributed by atoms with Gasteiger partial charge in [0.1, 0.15) is 5.82 Å². The predicted octanol–water partition coefficient (Wildman–Crippen LogP) is 14.9. The fourth-order valence-corrected chi connectivity index (χ4v) is 9.43. The Bertz CT molecular complexity index is 3150. The zero-order valence-corrected chi connectivity index (χ0v) is 33.0. The summed E-state index contributed by atoms with van der Waals surface area (Å²) >= 11 is 1.91. The summed E-state index contributed by atoms with van der Waals surface area (Å²) in [6, 6.07) is 44.9. The van der Waals surface area contributed by atoms with Gasteiger partial charge >= 0.3 is 0 Å². The molecule has 1 atom stereocenters. The second-order valence-electron chi connectivity index (χ2n) is 14.2. The highest BCUT2D eigenvalue weighted by Crippen LogP contribution is 2.50. The highest BCUT2D eigenvalue weighted by molar-refractivity contribution is 7.26. The minimum Gasteiger partial charge on any atom is -0.376 e. The Labute approximate surface area is 331 Å². The first-order chi connectivity index (χ1) is 27.6. The smallest absolute Gasteiger partial charge is 0.139 e. The van der Waals surface area contributed by atoms with Crippen molar-refractivity contribution in [3.05, 3.63) is 171 Å². The predicted molar refractivity (Wildman–Crippen MR) is 248 cm³/mol. The first-order valence-corrected chi connectivity index (χ1v) is 20.1. The van der Waals surface area contributed by atoms with E-state index in [1.807, 2.05) is 50.5 Å². The van der Waals surface area contributed by atoms with Crippen LogP contribution in [0, 0.1) is 0 Å². The number of nitrogens with zero attached hydrogens (tertiary/aromatic N) is 2. The Morgan fingerprint density at radius 2 is 1.30 bits per heavy atom. The third kappa shape index (κ3) is 5.66. The fraction of sp³-hybridized carbons (Fsp3) is 0.0980. The number of allylic oxidation sites excluding steroid dienone is 5. The van der Waals surface area contributed by atoms with E-state index in [9.17, 15) is 0 Å². The number of thiophene rings is 1. The van der Waals surface area contributed by atoms with E-state index in [1.165, 1.54) is 86.0 Å². The lowest BCUT2D eigenvalue weighted by atomic mass is 9.99. The van der Waals surface area contributed by atoms with E-state index >= 15 is 0 Å². The third-order valence-corrected chi connectivity index (χ3v) is 11.9. The van der Waals surface area contributed by atoms with Crippen molar-refractivity contribution in [2.45, 2.75) is 33.7 Å². The van der Waals surface area contributed by atoms with Gasteiger partial charge in [0, 0.05) is 65.0 Å². The summed E-state index contributed by atoms with van der Waals surface area (Å²) < 4.78 is 7.45. The molecule has 56 heavy (non-hydrogen) atoms. The number of aromatic nitrogens is 2. The second kappa shape index (κ2) is 14.6. The van der Waals surface area contributed by atoms with Crippen molar-refractivity contribution in [3.63, 3.8) is 0 Å². The molecule has 0 saturated carbocycles.